The highest BCUT2D eigenvalue weighted by Crippen LogP contribution is 2.32. The molecule has 3 heterocycles. The SMILES string of the molecule is C[Si](C)(C)CCON1Cc2c(c3ccc(-c4ccncc4)cc3[nH]c2=O)N1. The molecule has 0 atom stereocenters. The molecule has 1 aromatic carbocycles. The van der Waals surface area contributed by atoms with Crippen LogP contribution in [0.25, 0.3) is 22.0 Å². The third-order valence-corrected chi connectivity index (χ3v) is 6.47. The molecule has 0 bridgehead atoms. The first-order valence-electron chi connectivity index (χ1n) is 9.17. The molecular weight excluding hydrogens is 356 g/mol. The van der Waals surface area contributed by atoms with Crippen LogP contribution in [0.2, 0.25) is 25.7 Å². The molecule has 0 unspecified atom stereocenters. The molecule has 0 fully saturated rings. The second kappa shape index (κ2) is 6.92. The van der Waals surface area contributed by atoms with Crippen molar-refractivity contribution in [3.8, 4) is 11.1 Å². The van der Waals surface area contributed by atoms with E-state index >= 15 is 0 Å². The number of anilines is 1. The van der Waals surface area contributed by atoms with Crippen LogP contribution in [0.3, 0.4) is 0 Å². The minimum atomic E-state index is -1.15. The predicted molar refractivity (Wildman–Crippen MR) is 111 cm³/mol. The van der Waals surface area contributed by atoms with Crippen molar-refractivity contribution in [1.29, 1.82) is 0 Å². The van der Waals surface area contributed by atoms with Crippen molar-refractivity contribution in [2.45, 2.75) is 32.2 Å². The van der Waals surface area contributed by atoms with E-state index in [2.05, 4.69) is 41.1 Å². The van der Waals surface area contributed by atoms with Crippen LogP contribution in [0.1, 0.15) is 5.56 Å². The lowest BCUT2D eigenvalue weighted by atomic mass is 10.0. The van der Waals surface area contributed by atoms with E-state index in [1.807, 2.05) is 24.3 Å². The Morgan fingerprint density at radius 2 is 1.93 bits per heavy atom. The van der Waals surface area contributed by atoms with E-state index in [9.17, 15) is 4.79 Å². The Kier molecular flexibility index (Phi) is 4.59. The Labute approximate surface area is 159 Å². The number of aromatic amines is 1. The number of H-pyrrole nitrogens is 1. The number of benzene rings is 1. The van der Waals surface area contributed by atoms with Gasteiger partial charge in [0.05, 0.1) is 29.9 Å². The molecule has 6 nitrogen and oxygen atoms in total. The largest absolute Gasteiger partial charge is 0.321 e. The third-order valence-electron chi connectivity index (χ3n) is 4.76. The number of pyridine rings is 2. The first-order valence-corrected chi connectivity index (χ1v) is 12.9. The Hall–Kier alpha value is -2.48. The fraction of sp³-hybridized carbons (Fsp3) is 0.300. The van der Waals surface area contributed by atoms with Gasteiger partial charge in [0.1, 0.15) is 0 Å². The van der Waals surface area contributed by atoms with E-state index in [4.69, 9.17) is 4.84 Å². The summed E-state index contributed by atoms with van der Waals surface area (Å²) in [5.41, 5.74) is 7.66. The zero-order valence-corrected chi connectivity index (χ0v) is 16.9. The minimum Gasteiger partial charge on any atom is -0.321 e. The zero-order valence-electron chi connectivity index (χ0n) is 15.9. The van der Waals surface area contributed by atoms with Gasteiger partial charge in [-0.05, 0) is 35.4 Å². The summed E-state index contributed by atoms with van der Waals surface area (Å²) < 4.78 is 0. The molecule has 0 radical (unpaired) electrons. The van der Waals surface area contributed by atoms with Gasteiger partial charge in [-0.25, -0.2) is 0 Å². The van der Waals surface area contributed by atoms with Gasteiger partial charge in [-0.2, -0.15) is 0 Å². The van der Waals surface area contributed by atoms with Crippen molar-refractivity contribution in [3.63, 3.8) is 0 Å². The molecule has 140 valence electrons. The Morgan fingerprint density at radius 3 is 2.67 bits per heavy atom. The summed E-state index contributed by atoms with van der Waals surface area (Å²) in [5.74, 6) is 0. The third kappa shape index (κ3) is 3.80. The highest BCUT2D eigenvalue weighted by molar-refractivity contribution is 6.76. The van der Waals surface area contributed by atoms with Gasteiger partial charge in [-0.3, -0.25) is 20.0 Å². The van der Waals surface area contributed by atoms with E-state index in [1.165, 1.54) is 0 Å². The first-order chi connectivity index (χ1) is 12.9. The van der Waals surface area contributed by atoms with Gasteiger partial charge in [-0.1, -0.05) is 36.9 Å². The van der Waals surface area contributed by atoms with Crippen LogP contribution in [-0.4, -0.2) is 29.8 Å². The molecule has 7 heteroatoms. The van der Waals surface area contributed by atoms with E-state index in [0.717, 1.165) is 33.8 Å². The highest BCUT2D eigenvalue weighted by atomic mass is 28.3. The molecule has 0 saturated heterocycles. The van der Waals surface area contributed by atoms with Gasteiger partial charge < -0.3 is 4.98 Å². The lowest BCUT2D eigenvalue weighted by molar-refractivity contribution is -0.136. The normalized spacial score (nSPS) is 14.3. The van der Waals surface area contributed by atoms with Gasteiger partial charge in [0.15, 0.2) is 0 Å². The number of hydrogen-bond donors (Lipinski definition) is 2. The summed E-state index contributed by atoms with van der Waals surface area (Å²) in [6.45, 7) is 8.07. The van der Waals surface area contributed by atoms with Crippen molar-refractivity contribution in [3.05, 3.63) is 58.6 Å². The van der Waals surface area contributed by atoms with Crippen LogP contribution < -0.4 is 11.0 Å². The van der Waals surface area contributed by atoms with E-state index in [-0.39, 0.29) is 5.56 Å². The molecule has 0 amide bonds. The van der Waals surface area contributed by atoms with Gasteiger partial charge in [0.2, 0.25) is 0 Å². The predicted octanol–water partition coefficient (Wildman–Crippen LogP) is 4.00. The van der Waals surface area contributed by atoms with E-state index in [1.54, 1.807) is 17.6 Å². The Balaban J connectivity index is 1.61. The topological polar surface area (TPSA) is 70.2 Å². The smallest absolute Gasteiger partial charge is 0.255 e. The molecule has 2 aromatic heterocycles. The number of nitrogens with one attached hydrogen (secondary N) is 2. The second-order valence-corrected chi connectivity index (χ2v) is 13.7. The van der Waals surface area contributed by atoms with Crippen molar-refractivity contribution in [2.75, 3.05) is 12.0 Å². The second-order valence-electron chi connectivity index (χ2n) is 8.10. The van der Waals surface area contributed by atoms with Crippen LogP contribution in [0.4, 0.5) is 5.69 Å². The average Bonchev–Trinajstić information content (AvgIpc) is 3.06. The maximum absolute atomic E-state index is 12.6. The van der Waals surface area contributed by atoms with E-state index in [0.29, 0.717) is 18.7 Å². The zero-order chi connectivity index (χ0) is 19.0. The number of hydrogen-bond acceptors (Lipinski definition) is 5. The molecule has 27 heavy (non-hydrogen) atoms. The number of hydroxylamine groups is 1. The molecule has 4 rings (SSSR count). The Morgan fingerprint density at radius 1 is 1.15 bits per heavy atom. The summed E-state index contributed by atoms with van der Waals surface area (Å²) in [5, 5.41) is 2.66. The van der Waals surface area contributed by atoms with Gasteiger partial charge in [-0.15, -0.1) is 0 Å². The van der Waals surface area contributed by atoms with Crippen LogP contribution >= 0.6 is 0 Å². The quantitative estimate of drug-likeness (QED) is 0.655. The van der Waals surface area contributed by atoms with Gasteiger partial charge in [0, 0.05) is 25.9 Å². The van der Waals surface area contributed by atoms with Crippen molar-refractivity contribution in [2.24, 2.45) is 0 Å². The molecule has 2 N–H and O–H groups in total. The average molecular weight is 381 g/mol. The molecular formula is C20H24N4O2Si. The Bertz CT molecular complexity index is 1030. The van der Waals surface area contributed by atoms with Crippen LogP contribution in [0.5, 0.6) is 0 Å². The number of fused-ring (bicyclic) bond motifs is 3. The minimum absolute atomic E-state index is 0.0758. The van der Waals surface area contributed by atoms with Crippen molar-refractivity contribution < 1.29 is 4.84 Å². The summed E-state index contributed by atoms with van der Waals surface area (Å²) >= 11 is 0. The van der Waals surface area contributed by atoms with Gasteiger partial charge >= 0.3 is 0 Å². The fourth-order valence-corrected chi connectivity index (χ4v) is 3.89. The van der Waals surface area contributed by atoms with Gasteiger partial charge in [0.25, 0.3) is 5.56 Å². The lowest BCUT2D eigenvalue weighted by Gasteiger charge is -2.20. The van der Waals surface area contributed by atoms with Crippen LogP contribution in [-0.2, 0) is 11.4 Å². The summed E-state index contributed by atoms with van der Waals surface area (Å²) in [7, 11) is -1.15. The van der Waals surface area contributed by atoms with E-state index < -0.39 is 8.07 Å². The lowest BCUT2D eigenvalue weighted by Crippen LogP contribution is -2.28. The maximum Gasteiger partial charge on any atom is 0.255 e. The van der Waals surface area contributed by atoms with Crippen LogP contribution in [0, 0.1) is 0 Å². The molecule has 1 aliphatic rings. The fourth-order valence-electron chi connectivity index (χ4n) is 3.19. The molecule has 0 saturated carbocycles. The number of hydrazine groups is 1. The number of nitrogens with zero attached hydrogens (tertiary/aromatic N) is 2. The standard InChI is InChI=1S/C20H24N4O2Si/c1-27(2,3)11-10-26-24-13-17-19(23-24)16-5-4-15(12-18(16)22-20(17)25)14-6-8-21-9-7-14/h4-9,12,23H,10-11,13H2,1-3H3,(H,22,25). The summed E-state index contributed by atoms with van der Waals surface area (Å²) in [6.07, 6.45) is 3.53. The monoisotopic (exact) mass is 380 g/mol. The molecule has 0 aliphatic carbocycles. The van der Waals surface area contributed by atoms with Crippen LogP contribution in [0.15, 0.2) is 47.5 Å². The summed E-state index contributed by atoms with van der Waals surface area (Å²) in [6, 6.07) is 11.1. The first kappa shape index (κ1) is 17.9. The molecule has 1 aliphatic heterocycles. The van der Waals surface area contributed by atoms with Crippen molar-refractivity contribution >= 4 is 24.7 Å². The molecule has 3 aromatic rings. The highest BCUT2D eigenvalue weighted by Gasteiger charge is 2.25. The molecule has 0 spiro atoms. The number of aromatic nitrogens is 2. The van der Waals surface area contributed by atoms with Crippen molar-refractivity contribution in [1.82, 2.24) is 15.1 Å². The maximum atomic E-state index is 12.6. The number of rotatable bonds is 5. The summed E-state index contributed by atoms with van der Waals surface area (Å²) in [4.78, 5) is 25.5.